The molecule has 0 N–H and O–H groups in total. The monoisotopic (exact) mass is 437 g/mol. The van der Waals surface area contributed by atoms with E-state index >= 15 is 0 Å². The Bertz CT molecular complexity index is 1150. The summed E-state index contributed by atoms with van der Waals surface area (Å²) in [7, 11) is 0. The number of piperidine rings is 1. The molecule has 1 unspecified atom stereocenters. The average molecular weight is 438 g/mol. The van der Waals surface area contributed by atoms with Crippen LogP contribution in [0.25, 0.3) is 17.0 Å². The summed E-state index contributed by atoms with van der Waals surface area (Å²) < 4.78 is 18.5. The lowest BCUT2D eigenvalue weighted by atomic mass is 9.89. The first-order valence-corrected chi connectivity index (χ1v) is 11.8. The van der Waals surface area contributed by atoms with Crippen molar-refractivity contribution in [3.63, 3.8) is 0 Å². The van der Waals surface area contributed by atoms with Gasteiger partial charge in [0, 0.05) is 19.0 Å². The fourth-order valence-electron chi connectivity index (χ4n) is 5.17. The smallest absolute Gasteiger partial charge is 0.336 e. The highest BCUT2D eigenvalue weighted by atomic mass is 16.5. The van der Waals surface area contributed by atoms with Gasteiger partial charge in [0.2, 0.25) is 0 Å². The first-order valence-electron chi connectivity index (χ1n) is 11.8. The first-order chi connectivity index (χ1) is 15.4. The molecule has 6 nitrogen and oxygen atoms in total. The molecule has 5 rings (SSSR count). The summed E-state index contributed by atoms with van der Waals surface area (Å²) in [6.45, 7) is 8.86. The number of ether oxygens (including phenoxy) is 2. The molecule has 1 saturated heterocycles. The summed E-state index contributed by atoms with van der Waals surface area (Å²) in [5, 5.41) is 0.726. The molecule has 0 spiro atoms. The fraction of sp³-hybridized carbons (Fsp3) is 0.538. The second-order valence-electron chi connectivity index (χ2n) is 9.76. The van der Waals surface area contributed by atoms with Crippen LogP contribution in [-0.2, 0) is 6.42 Å². The van der Waals surface area contributed by atoms with E-state index in [1.54, 1.807) is 0 Å². The summed E-state index contributed by atoms with van der Waals surface area (Å²) in [5.41, 5.74) is 1.36. The maximum absolute atomic E-state index is 13.4. The van der Waals surface area contributed by atoms with Crippen LogP contribution >= 0.6 is 0 Å². The Labute approximate surface area is 188 Å². The Morgan fingerprint density at radius 2 is 1.91 bits per heavy atom. The minimum Gasteiger partial charge on any atom is -0.487 e. The molecule has 0 radical (unpaired) electrons. The molecule has 0 aliphatic carbocycles. The number of Topliss-reactive ketones (excluding diaryl/α,β-unsaturated/α-hetero) is 1. The predicted octanol–water partition coefficient (Wildman–Crippen LogP) is 4.75. The molecule has 0 amide bonds. The van der Waals surface area contributed by atoms with E-state index in [4.69, 9.17) is 13.9 Å². The van der Waals surface area contributed by atoms with E-state index in [1.165, 1.54) is 25.3 Å². The van der Waals surface area contributed by atoms with E-state index in [9.17, 15) is 9.59 Å². The van der Waals surface area contributed by atoms with Gasteiger partial charge in [0.05, 0.1) is 10.9 Å². The molecular weight excluding hydrogens is 406 g/mol. The molecular formula is C26H31NO5. The number of benzene rings is 1. The highest BCUT2D eigenvalue weighted by Crippen LogP contribution is 2.48. The Morgan fingerprint density at radius 3 is 2.66 bits per heavy atom. The van der Waals surface area contributed by atoms with E-state index in [2.05, 4.69) is 11.8 Å². The van der Waals surface area contributed by atoms with Crippen LogP contribution in [0, 0.1) is 0 Å². The lowest BCUT2D eigenvalue weighted by Gasteiger charge is -2.35. The largest absolute Gasteiger partial charge is 0.487 e. The number of ketones is 1. The summed E-state index contributed by atoms with van der Waals surface area (Å²) in [6.07, 6.45) is 9.26. The second-order valence-corrected chi connectivity index (χ2v) is 9.76. The van der Waals surface area contributed by atoms with Gasteiger partial charge in [-0.05, 0) is 63.9 Å². The Kier molecular flexibility index (Phi) is 5.36. The Balaban J connectivity index is 1.68. The zero-order valence-corrected chi connectivity index (χ0v) is 19.2. The predicted molar refractivity (Wildman–Crippen MR) is 124 cm³/mol. The molecule has 0 saturated carbocycles. The summed E-state index contributed by atoms with van der Waals surface area (Å²) >= 11 is 0. The standard InChI is InChI=1S/C26H31NO5/c1-4-8-16-13-20(29)31-25-21(16)24-18(9-10-26(2,3)32-24)23-22(25)19(28)14-17(30-23)15-27-11-6-5-7-12-27/h9-10,13,17H,4-8,11-12,14-15H2,1-3H3. The van der Waals surface area contributed by atoms with Crippen LogP contribution in [0.15, 0.2) is 21.4 Å². The molecule has 1 fully saturated rings. The van der Waals surface area contributed by atoms with Crippen molar-refractivity contribution in [1.29, 1.82) is 0 Å². The van der Waals surface area contributed by atoms with Crippen molar-refractivity contribution in [2.24, 2.45) is 0 Å². The van der Waals surface area contributed by atoms with Gasteiger partial charge in [0.15, 0.2) is 11.4 Å². The van der Waals surface area contributed by atoms with Crippen LogP contribution in [-0.4, -0.2) is 42.0 Å². The molecule has 170 valence electrons. The molecule has 3 aliphatic heterocycles. The Hall–Kier alpha value is -2.60. The van der Waals surface area contributed by atoms with Crippen LogP contribution in [0.3, 0.4) is 0 Å². The Morgan fingerprint density at radius 1 is 1.12 bits per heavy atom. The van der Waals surface area contributed by atoms with E-state index in [-0.39, 0.29) is 18.3 Å². The van der Waals surface area contributed by atoms with Crippen molar-refractivity contribution >= 4 is 22.8 Å². The van der Waals surface area contributed by atoms with Gasteiger partial charge in [0.25, 0.3) is 0 Å². The van der Waals surface area contributed by atoms with Gasteiger partial charge in [-0.25, -0.2) is 4.79 Å². The van der Waals surface area contributed by atoms with E-state index in [1.807, 2.05) is 26.0 Å². The van der Waals surface area contributed by atoms with Crippen molar-refractivity contribution in [1.82, 2.24) is 4.90 Å². The molecule has 2 aromatic rings. The molecule has 3 aliphatic rings. The van der Waals surface area contributed by atoms with Crippen molar-refractivity contribution in [2.45, 2.75) is 71.0 Å². The number of carbonyl (C=O) groups excluding carboxylic acids is 1. The van der Waals surface area contributed by atoms with E-state index in [0.717, 1.165) is 42.6 Å². The zero-order valence-electron chi connectivity index (χ0n) is 19.2. The normalized spacial score (nSPS) is 22.2. The number of fused-ring (bicyclic) bond motifs is 6. The third-order valence-corrected chi connectivity index (χ3v) is 6.64. The number of aryl methyl sites for hydroxylation is 1. The van der Waals surface area contributed by atoms with Gasteiger partial charge in [-0.15, -0.1) is 0 Å². The second kappa shape index (κ2) is 8.07. The molecule has 1 atom stereocenters. The van der Waals surface area contributed by atoms with E-state index in [0.29, 0.717) is 29.1 Å². The van der Waals surface area contributed by atoms with E-state index < -0.39 is 11.2 Å². The number of hydrogen-bond donors (Lipinski definition) is 0. The third kappa shape index (κ3) is 3.75. The van der Waals surface area contributed by atoms with Gasteiger partial charge in [-0.3, -0.25) is 9.69 Å². The lowest BCUT2D eigenvalue weighted by Crippen LogP contribution is -2.41. The number of likely N-dealkylation sites (tertiary alicyclic amines) is 1. The van der Waals surface area contributed by atoms with Crippen LogP contribution < -0.4 is 15.1 Å². The average Bonchev–Trinajstić information content (AvgIpc) is 2.73. The highest BCUT2D eigenvalue weighted by Gasteiger charge is 2.38. The molecule has 6 heteroatoms. The number of hydrogen-bond acceptors (Lipinski definition) is 6. The quantitative estimate of drug-likeness (QED) is 0.643. The van der Waals surface area contributed by atoms with Crippen LogP contribution in [0.2, 0.25) is 0 Å². The lowest BCUT2D eigenvalue weighted by molar-refractivity contribution is 0.0734. The van der Waals surface area contributed by atoms with Crippen LogP contribution in [0.4, 0.5) is 0 Å². The van der Waals surface area contributed by atoms with Crippen molar-refractivity contribution in [2.75, 3.05) is 19.6 Å². The number of carbonyl (C=O) groups is 1. The van der Waals surface area contributed by atoms with Gasteiger partial charge < -0.3 is 13.9 Å². The molecule has 4 heterocycles. The minimum absolute atomic E-state index is 0.0314. The first kappa shape index (κ1) is 21.3. The highest BCUT2D eigenvalue weighted by molar-refractivity contribution is 6.13. The van der Waals surface area contributed by atoms with Gasteiger partial charge in [-0.1, -0.05) is 19.8 Å². The SMILES string of the molecule is CCCc1cc(=O)oc2c3c(c4c(c12)OC(C)(C)C=C4)OC(CN1CCCCC1)CC3=O. The topological polar surface area (TPSA) is 69.0 Å². The third-order valence-electron chi connectivity index (χ3n) is 6.64. The van der Waals surface area contributed by atoms with Crippen molar-refractivity contribution in [3.05, 3.63) is 39.3 Å². The maximum atomic E-state index is 13.4. The van der Waals surface area contributed by atoms with Crippen molar-refractivity contribution < 1.29 is 18.7 Å². The van der Waals surface area contributed by atoms with Crippen LogP contribution in [0.5, 0.6) is 11.5 Å². The molecule has 0 bridgehead atoms. The van der Waals surface area contributed by atoms with Gasteiger partial charge in [-0.2, -0.15) is 0 Å². The zero-order chi connectivity index (χ0) is 22.5. The van der Waals surface area contributed by atoms with Crippen molar-refractivity contribution in [3.8, 4) is 11.5 Å². The summed E-state index contributed by atoms with van der Waals surface area (Å²) in [4.78, 5) is 28.2. The number of rotatable bonds is 4. The molecule has 32 heavy (non-hydrogen) atoms. The molecule has 1 aromatic heterocycles. The minimum atomic E-state index is -0.514. The number of nitrogens with zero attached hydrogens (tertiary/aromatic N) is 1. The summed E-state index contributed by atoms with van der Waals surface area (Å²) in [5.74, 6) is 1.11. The fourth-order valence-corrected chi connectivity index (χ4v) is 5.17. The maximum Gasteiger partial charge on any atom is 0.336 e. The van der Waals surface area contributed by atoms with Crippen LogP contribution in [0.1, 0.15) is 74.4 Å². The molecule has 1 aromatic carbocycles. The summed E-state index contributed by atoms with van der Waals surface area (Å²) in [6, 6.07) is 1.53. The van der Waals surface area contributed by atoms with Gasteiger partial charge in [0.1, 0.15) is 28.8 Å². The van der Waals surface area contributed by atoms with Gasteiger partial charge >= 0.3 is 5.63 Å².